The lowest BCUT2D eigenvalue weighted by atomic mass is 10.2. The van der Waals surface area contributed by atoms with Crippen LogP contribution < -0.4 is 0 Å². The molecule has 5 heteroatoms. The van der Waals surface area contributed by atoms with Gasteiger partial charge in [0.05, 0.1) is 6.54 Å². The van der Waals surface area contributed by atoms with E-state index >= 15 is 0 Å². The van der Waals surface area contributed by atoms with Crippen LogP contribution in [0.1, 0.15) is 23.3 Å². The summed E-state index contributed by atoms with van der Waals surface area (Å²) >= 11 is 1.73. The van der Waals surface area contributed by atoms with Gasteiger partial charge in [-0.15, -0.1) is 10.2 Å². The molecule has 0 N–H and O–H groups in total. The van der Waals surface area contributed by atoms with E-state index in [1.165, 1.54) is 11.1 Å². The van der Waals surface area contributed by atoms with Crippen LogP contribution in [0.3, 0.4) is 0 Å². The molecule has 0 fully saturated rings. The SMILES string of the molecule is C[C@H](Sc1nnc(-c2ccncc2)n1Cc1ccccc1)c1ccccc1. The molecular formula is C22H20N4S. The molecular weight excluding hydrogens is 352 g/mol. The lowest BCUT2D eigenvalue weighted by molar-refractivity contribution is 0.712. The number of nitrogens with zero attached hydrogens (tertiary/aromatic N) is 4. The molecule has 4 aromatic rings. The monoisotopic (exact) mass is 372 g/mol. The highest BCUT2D eigenvalue weighted by Crippen LogP contribution is 2.35. The zero-order valence-corrected chi connectivity index (χ0v) is 15.9. The maximum Gasteiger partial charge on any atom is 0.192 e. The van der Waals surface area contributed by atoms with Gasteiger partial charge in [-0.05, 0) is 30.2 Å². The van der Waals surface area contributed by atoms with Gasteiger partial charge in [-0.3, -0.25) is 9.55 Å². The van der Waals surface area contributed by atoms with E-state index < -0.39 is 0 Å². The van der Waals surface area contributed by atoms with Crippen LogP contribution in [0.25, 0.3) is 11.4 Å². The molecule has 4 nitrogen and oxygen atoms in total. The Labute approximate surface area is 163 Å². The Bertz CT molecular complexity index is 985. The number of hydrogen-bond acceptors (Lipinski definition) is 4. The summed E-state index contributed by atoms with van der Waals surface area (Å²) in [5.74, 6) is 0.865. The molecule has 0 amide bonds. The van der Waals surface area contributed by atoms with E-state index in [4.69, 9.17) is 0 Å². The van der Waals surface area contributed by atoms with Crippen molar-refractivity contribution in [2.75, 3.05) is 0 Å². The van der Waals surface area contributed by atoms with Crippen molar-refractivity contribution in [3.05, 3.63) is 96.3 Å². The van der Waals surface area contributed by atoms with Crippen LogP contribution in [-0.2, 0) is 6.54 Å². The third kappa shape index (κ3) is 4.09. The fraction of sp³-hybridized carbons (Fsp3) is 0.136. The number of rotatable bonds is 6. The van der Waals surface area contributed by atoms with Crippen LogP contribution in [0.5, 0.6) is 0 Å². The largest absolute Gasteiger partial charge is 0.298 e. The van der Waals surface area contributed by atoms with Crippen molar-refractivity contribution in [3.8, 4) is 11.4 Å². The minimum absolute atomic E-state index is 0.287. The van der Waals surface area contributed by atoms with Gasteiger partial charge in [0, 0.05) is 23.2 Å². The van der Waals surface area contributed by atoms with E-state index in [0.717, 1.165) is 23.1 Å². The van der Waals surface area contributed by atoms with Crippen molar-refractivity contribution in [2.45, 2.75) is 23.9 Å². The molecule has 2 aromatic carbocycles. The van der Waals surface area contributed by atoms with Crippen LogP contribution in [0.4, 0.5) is 0 Å². The Hall–Kier alpha value is -2.92. The predicted octanol–water partition coefficient (Wildman–Crippen LogP) is 5.24. The average Bonchev–Trinajstić information content (AvgIpc) is 3.12. The van der Waals surface area contributed by atoms with E-state index in [1.54, 1.807) is 24.2 Å². The first kappa shape index (κ1) is 17.5. The molecule has 0 aliphatic rings. The molecule has 0 unspecified atom stereocenters. The second-order valence-corrected chi connectivity index (χ2v) is 7.59. The van der Waals surface area contributed by atoms with Crippen molar-refractivity contribution in [1.82, 2.24) is 19.7 Å². The Kier molecular flexibility index (Phi) is 5.30. The first-order valence-electron chi connectivity index (χ1n) is 8.90. The fourth-order valence-electron chi connectivity index (χ4n) is 2.95. The zero-order chi connectivity index (χ0) is 18.5. The highest BCUT2D eigenvalue weighted by Gasteiger charge is 2.18. The Morgan fingerprint density at radius 3 is 2.22 bits per heavy atom. The first-order chi connectivity index (χ1) is 13.3. The van der Waals surface area contributed by atoms with E-state index in [-0.39, 0.29) is 5.25 Å². The molecule has 4 rings (SSSR count). The van der Waals surface area contributed by atoms with Crippen LogP contribution in [-0.4, -0.2) is 19.7 Å². The van der Waals surface area contributed by atoms with Crippen molar-refractivity contribution < 1.29 is 0 Å². The molecule has 0 spiro atoms. The first-order valence-corrected chi connectivity index (χ1v) is 9.78. The number of thioether (sulfide) groups is 1. The molecule has 0 bridgehead atoms. The third-order valence-corrected chi connectivity index (χ3v) is 5.53. The molecule has 2 heterocycles. The zero-order valence-electron chi connectivity index (χ0n) is 15.1. The Balaban J connectivity index is 1.69. The minimum atomic E-state index is 0.287. The van der Waals surface area contributed by atoms with Crippen LogP contribution in [0, 0.1) is 0 Å². The smallest absolute Gasteiger partial charge is 0.192 e. The van der Waals surface area contributed by atoms with Crippen LogP contribution in [0.15, 0.2) is 90.3 Å². The van der Waals surface area contributed by atoms with Gasteiger partial charge in [-0.1, -0.05) is 72.4 Å². The number of benzene rings is 2. The van der Waals surface area contributed by atoms with Gasteiger partial charge in [-0.25, -0.2) is 0 Å². The fourth-order valence-corrected chi connectivity index (χ4v) is 3.92. The lowest BCUT2D eigenvalue weighted by Gasteiger charge is -2.14. The summed E-state index contributed by atoms with van der Waals surface area (Å²) < 4.78 is 2.19. The number of pyridine rings is 1. The molecule has 0 aliphatic heterocycles. The van der Waals surface area contributed by atoms with Gasteiger partial charge >= 0.3 is 0 Å². The second-order valence-electron chi connectivity index (χ2n) is 6.28. The molecule has 0 aliphatic carbocycles. The summed E-state index contributed by atoms with van der Waals surface area (Å²) in [4.78, 5) is 4.12. The average molecular weight is 372 g/mol. The predicted molar refractivity (Wildman–Crippen MR) is 110 cm³/mol. The maximum atomic E-state index is 4.51. The molecule has 0 saturated carbocycles. The Morgan fingerprint density at radius 2 is 1.52 bits per heavy atom. The van der Waals surface area contributed by atoms with E-state index in [9.17, 15) is 0 Å². The van der Waals surface area contributed by atoms with Gasteiger partial charge in [0.1, 0.15) is 0 Å². The Morgan fingerprint density at radius 1 is 0.852 bits per heavy atom. The highest BCUT2D eigenvalue weighted by molar-refractivity contribution is 7.99. The van der Waals surface area contributed by atoms with Gasteiger partial charge < -0.3 is 0 Å². The number of aromatic nitrogens is 4. The lowest BCUT2D eigenvalue weighted by Crippen LogP contribution is -2.05. The van der Waals surface area contributed by atoms with Crippen molar-refractivity contribution in [2.24, 2.45) is 0 Å². The van der Waals surface area contributed by atoms with E-state index in [1.807, 2.05) is 24.3 Å². The molecule has 0 radical (unpaired) electrons. The summed E-state index contributed by atoms with van der Waals surface area (Å²) in [5, 5.41) is 10.2. The summed E-state index contributed by atoms with van der Waals surface area (Å²) in [6.07, 6.45) is 3.58. The summed E-state index contributed by atoms with van der Waals surface area (Å²) in [7, 11) is 0. The van der Waals surface area contributed by atoms with Gasteiger partial charge in [0.2, 0.25) is 0 Å². The topological polar surface area (TPSA) is 43.6 Å². The van der Waals surface area contributed by atoms with Gasteiger partial charge in [-0.2, -0.15) is 0 Å². The summed E-state index contributed by atoms with van der Waals surface area (Å²) in [6, 6.07) is 24.9. The standard InChI is InChI=1S/C22H20N4S/c1-17(19-10-6-3-7-11-19)27-22-25-24-21(20-12-14-23-15-13-20)26(22)16-18-8-4-2-5-9-18/h2-15,17H,16H2,1H3/t17-/m0/s1. The molecule has 2 aromatic heterocycles. The molecule has 134 valence electrons. The maximum absolute atomic E-state index is 4.51. The van der Waals surface area contributed by atoms with Gasteiger partial charge in [0.25, 0.3) is 0 Å². The van der Waals surface area contributed by atoms with Crippen molar-refractivity contribution in [3.63, 3.8) is 0 Å². The number of hydrogen-bond donors (Lipinski definition) is 0. The van der Waals surface area contributed by atoms with Crippen molar-refractivity contribution >= 4 is 11.8 Å². The highest BCUT2D eigenvalue weighted by atomic mass is 32.2. The summed E-state index contributed by atoms with van der Waals surface area (Å²) in [6.45, 7) is 2.93. The quantitative estimate of drug-likeness (QED) is 0.434. The van der Waals surface area contributed by atoms with Crippen molar-refractivity contribution in [1.29, 1.82) is 0 Å². The van der Waals surface area contributed by atoms with Crippen LogP contribution >= 0.6 is 11.8 Å². The second kappa shape index (κ2) is 8.18. The normalized spacial score (nSPS) is 12.0. The molecule has 1 atom stereocenters. The molecule has 0 saturated heterocycles. The minimum Gasteiger partial charge on any atom is -0.298 e. The molecule has 27 heavy (non-hydrogen) atoms. The van der Waals surface area contributed by atoms with Crippen LogP contribution in [0.2, 0.25) is 0 Å². The van der Waals surface area contributed by atoms with E-state index in [0.29, 0.717) is 0 Å². The summed E-state index contributed by atoms with van der Waals surface area (Å²) in [5.41, 5.74) is 3.52. The van der Waals surface area contributed by atoms with Gasteiger partial charge in [0.15, 0.2) is 11.0 Å². The third-order valence-electron chi connectivity index (χ3n) is 4.39. The van der Waals surface area contributed by atoms with E-state index in [2.05, 4.69) is 75.2 Å².